The van der Waals surface area contributed by atoms with Crippen LogP contribution in [0.1, 0.15) is 49.5 Å². The van der Waals surface area contributed by atoms with Crippen molar-refractivity contribution in [2.24, 2.45) is 11.7 Å². The molecule has 1 aliphatic carbocycles. The molecule has 0 spiro atoms. The second-order valence-electron chi connectivity index (χ2n) is 10.1. The van der Waals surface area contributed by atoms with E-state index in [4.69, 9.17) is 10.5 Å². The molecule has 3 aromatic rings. The lowest BCUT2D eigenvalue weighted by atomic mass is 10.1. The summed E-state index contributed by atoms with van der Waals surface area (Å²) >= 11 is 0. The third-order valence-electron chi connectivity index (χ3n) is 5.79. The molecule has 0 aliphatic heterocycles. The van der Waals surface area contributed by atoms with Crippen molar-refractivity contribution < 1.29 is 14.3 Å². The minimum atomic E-state index is -0.756. The summed E-state index contributed by atoms with van der Waals surface area (Å²) in [6.45, 7) is 6.19. The molecular weight excluding hydrogens is 444 g/mol. The molecule has 8 heteroatoms. The average molecular weight is 477 g/mol. The fraction of sp³-hybridized carbons (Fsp3) is 0.370. The van der Waals surface area contributed by atoms with E-state index in [1.807, 2.05) is 30.5 Å². The number of ether oxygens (including phenoxy) is 1. The number of anilines is 1. The van der Waals surface area contributed by atoms with Crippen LogP contribution in [0.15, 0.2) is 65.7 Å². The highest BCUT2D eigenvalue weighted by Gasteiger charge is 2.23. The summed E-state index contributed by atoms with van der Waals surface area (Å²) in [4.78, 5) is 37.3. The first kappa shape index (κ1) is 24.5. The van der Waals surface area contributed by atoms with Crippen LogP contribution in [0.2, 0.25) is 0 Å². The van der Waals surface area contributed by atoms with Gasteiger partial charge >= 0.3 is 11.7 Å². The minimum absolute atomic E-state index is 0.0431. The van der Waals surface area contributed by atoms with Gasteiger partial charge < -0.3 is 15.8 Å². The van der Waals surface area contributed by atoms with Crippen LogP contribution in [0.25, 0.3) is 5.69 Å². The maximum atomic E-state index is 12.6. The first-order valence-corrected chi connectivity index (χ1v) is 11.9. The van der Waals surface area contributed by atoms with Gasteiger partial charge in [-0.05, 0) is 87.9 Å². The van der Waals surface area contributed by atoms with E-state index in [1.54, 1.807) is 60.4 Å². The van der Waals surface area contributed by atoms with E-state index in [-0.39, 0.29) is 11.6 Å². The number of hydrogen-bond donors (Lipinski definition) is 2. The van der Waals surface area contributed by atoms with Crippen LogP contribution >= 0.6 is 0 Å². The number of rotatable bonds is 8. The number of aromatic nitrogens is 2. The predicted octanol–water partition coefficient (Wildman–Crippen LogP) is 3.51. The molecule has 1 amide bonds. The van der Waals surface area contributed by atoms with Gasteiger partial charge in [-0.2, -0.15) is 0 Å². The average Bonchev–Trinajstić information content (AvgIpc) is 3.55. The Morgan fingerprint density at radius 1 is 1.06 bits per heavy atom. The van der Waals surface area contributed by atoms with Gasteiger partial charge in [0, 0.05) is 24.6 Å². The smallest absolute Gasteiger partial charge is 0.338 e. The third-order valence-corrected chi connectivity index (χ3v) is 5.79. The zero-order chi connectivity index (χ0) is 25.2. The van der Waals surface area contributed by atoms with Gasteiger partial charge in [0.2, 0.25) is 5.91 Å². The predicted molar refractivity (Wildman–Crippen MR) is 135 cm³/mol. The van der Waals surface area contributed by atoms with E-state index < -0.39 is 17.6 Å². The van der Waals surface area contributed by atoms with Crippen LogP contribution in [-0.4, -0.2) is 32.7 Å². The molecule has 3 N–H and O–H groups in total. The molecule has 8 nitrogen and oxygen atoms in total. The molecule has 0 bridgehead atoms. The number of hydrogen-bond acceptors (Lipinski definition) is 5. The van der Waals surface area contributed by atoms with E-state index in [0.29, 0.717) is 23.6 Å². The van der Waals surface area contributed by atoms with E-state index >= 15 is 0 Å². The van der Waals surface area contributed by atoms with E-state index in [0.717, 1.165) is 17.8 Å². The molecule has 1 aromatic heterocycles. The zero-order valence-corrected chi connectivity index (χ0v) is 20.4. The monoisotopic (exact) mass is 476 g/mol. The lowest BCUT2D eigenvalue weighted by Gasteiger charge is -2.19. The maximum Gasteiger partial charge on any atom is 0.338 e. The van der Waals surface area contributed by atoms with Crippen LogP contribution in [0.5, 0.6) is 0 Å². The number of nitrogens with zero attached hydrogens (tertiary/aromatic N) is 2. The van der Waals surface area contributed by atoms with Crippen LogP contribution in [0, 0.1) is 5.92 Å². The third kappa shape index (κ3) is 6.48. The molecule has 0 radical (unpaired) electrons. The Hall–Kier alpha value is -3.65. The summed E-state index contributed by atoms with van der Waals surface area (Å²) < 4.78 is 8.73. The second kappa shape index (κ2) is 9.92. The number of benzene rings is 2. The molecule has 0 saturated heterocycles. The van der Waals surface area contributed by atoms with Crippen molar-refractivity contribution in [3.63, 3.8) is 0 Å². The number of carbonyl (C=O) groups is 2. The van der Waals surface area contributed by atoms with Crippen molar-refractivity contribution in [2.45, 2.75) is 58.2 Å². The number of amides is 1. The van der Waals surface area contributed by atoms with Gasteiger partial charge in [-0.15, -0.1) is 0 Å². The van der Waals surface area contributed by atoms with Gasteiger partial charge in [0.05, 0.1) is 17.3 Å². The highest BCUT2D eigenvalue weighted by molar-refractivity contribution is 5.96. The van der Waals surface area contributed by atoms with Gasteiger partial charge in [0.1, 0.15) is 5.60 Å². The fourth-order valence-electron chi connectivity index (χ4n) is 3.73. The summed E-state index contributed by atoms with van der Waals surface area (Å²) in [5, 5.41) is 2.78. The van der Waals surface area contributed by atoms with Crippen LogP contribution < -0.4 is 16.7 Å². The molecule has 184 valence electrons. The Morgan fingerprint density at radius 2 is 1.71 bits per heavy atom. The maximum absolute atomic E-state index is 12.6. The van der Waals surface area contributed by atoms with Gasteiger partial charge in [-0.25, -0.2) is 9.59 Å². The first-order valence-electron chi connectivity index (χ1n) is 11.9. The molecule has 1 fully saturated rings. The standard InChI is InChI=1S/C27H32N4O4/c1-27(2,3)35-25(33)20-8-10-21(11-9-20)29-24(32)23(28)16-18-6-12-22(13-7-18)31-15-14-30(26(31)34)17-19-4-5-19/h6-15,19,23H,4-5,16-17,28H2,1-3H3,(H,29,32)/t23-/m0/s1. The van der Waals surface area contributed by atoms with Crippen molar-refractivity contribution in [3.05, 3.63) is 82.5 Å². The van der Waals surface area contributed by atoms with Crippen LogP contribution in [0.3, 0.4) is 0 Å². The second-order valence-corrected chi connectivity index (χ2v) is 10.1. The lowest BCUT2D eigenvalue weighted by molar-refractivity contribution is -0.117. The number of esters is 1. The van der Waals surface area contributed by atoms with Gasteiger partial charge in [0.25, 0.3) is 0 Å². The molecule has 35 heavy (non-hydrogen) atoms. The summed E-state index contributed by atoms with van der Waals surface area (Å²) in [7, 11) is 0. The topological polar surface area (TPSA) is 108 Å². The number of carbonyl (C=O) groups excluding carboxylic acids is 2. The number of nitrogens with one attached hydrogen (secondary N) is 1. The van der Waals surface area contributed by atoms with Crippen LogP contribution in [-0.2, 0) is 22.5 Å². The SMILES string of the molecule is CC(C)(C)OC(=O)c1ccc(NC(=O)[C@@H](N)Cc2ccc(-n3ccn(CC4CC4)c3=O)cc2)cc1. The molecule has 4 rings (SSSR count). The molecule has 0 unspecified atom stereocenters. The van der Waals surface area contributed by atoms with Crippen molar-refractivity contribution in [1.29, 1.82) is 0 Å². The zero-order valence-electron chi connectivity index (χ0n) is 20.4. The van der Waals surface area contributed by atoms with E-state index in [9.17, 15) is 14.4 Å². The molecule has 2 aromatic carbocycles. The van der Waals surface area contributed by atoms with Gasteiger partial charge in [-0.3, -0.25) is 13.9 Å². The largest absolute Gasteiger partial charge is 0.456 e. The van der Waals surface area contributed by atoms with Crippen LogP contribution in [0.4, 0.5) is 5.69 Å². The van der Waals surface area contributed by atoms with Crippen molar-refractivity contribution in [3.8, 4) is 5.69 Å². The Kier molecular flexibility index (Phi) is 6.93. The normalized spacial score (nSPS) is 14.4. The highest BCUT2D eigenvalue weighted by atomic mass is 16.6. The molecular formula is C27H32N4O4. The minimum Gasteiger partial charge on any atom is -0.456 e. The quantitative estimate of drug-likeness (QED) is 0.484. The van der Waals surface area contributed by atoms with Crippen molar-refractivity contribution >= 4 is 17.6 Å². The fourth-order valence-corrected chi connectivity index (χ4v) is 3.73. The lowest BCUT2D eigenvalue weighted by Crippen LogP contribution is -2.37. The number of nitrogens with two attached hydrogens (primary N) is 1. The summed E-state index contributed by atoms with van der Waals surface area (Å²) in [5.74, 6) is -0.119. The summed E-state index contributed by atoms with van der Waals surface area (Å²) in [6.07, 6.45) is 6.34. The highest BCUT2D eigenvalue weighted by Crippen LogP contribution is 2.30. The van der Waals surface area contributed by atoms with Gasteiger partial charge in [0.15, 0.2) is 0 Å². The summed E-state index contributed by atoms with van der Waals surface area (Å²) in [5.41, 5.74) is 8.12. The number of imidazole rings is 1. The van der Waals surface area contributed by atoms with E-state index in [1.165, 1.54) is 12.8 Å². The first-order chi connectivity index (χ1) is 16.6. The Balaban J connectivity index is 1.32. The molecule has 1 atom stereocenters. The molecule has 1 aliphatic rings. The molecule has 1 heterocycles. The van der Waals surface area contributed by atoms with Crippen molar-refractivity contribution in [1.82, 2.24) is 9.13 Å². The Bertz CT molecular complexity index is 1250. The Labute approximate surface area is 204 Å². The van der Waals surface area contributed by atoms with Gasteiger partial charge in [-0.1, -0.05) is 12.1 Å². The summed E-state index contributed by atoms with van der Waals surface area (Å²) in [6, 6.07) is 13.2. The van der Waals surface area contributed by atoms with E-state index in [2.05, 4.69) is 5.32 Å². The molecule has 1 saturated carbocycles. The van der Waals surface area contributed by atoms with Crippen molar-refractivity contribution in [2.75, 3.05) is 5.32 Å². The Morgan fingerprint density at radius 3 is 2.31 bits per heavy atom.